The molecule has 1 aliphatic rings. The summed E-state index contributed by atoms with van der Waals surface area (Å²) in [5.74, 6) is 0. The van der Waals surface area contributed by atoms with E-state index in [1.165, 1.54) is 12.4 Å². The molecule has 0 radical (unpaired) electrons. The summed E-state index contributed by atoms with van der Waals surface area (Å²) < 4.78 is 37.6. The number of aromatic nitrogens is 2. The van der Waals surface area contributed by atoms with Crippen molar-refractivity contribution in [2.75, 3.05) is 31.5 Å². The van der Waals surface area contributed by atoms with E-state index in [1.807, 2.05) is 0 Å². The summed E-state index contributed by atoms with van der Waals surface area (Å²) in [5, 5.41) is 6.21. The summed E-state index contributed by atoms with van der Waals surface area (Å²) in [6.07, 6.45) is -1.02. The lowest BCUT2D eigenvalue weighted by Crippen LogP contribution is -2.39. The maximum Gasteiger partial charge on any atom is 0.408 e. The fourth-order valence-electron chi connectivity index (χ4n) is 2.87. The van der Waals surface area contributed by atoms with E-state index in [-0.39, 0.29) is 11.7 Å². The summed E-state index contributed by atoms with van der Waals surface area (Å²) >= 11 is 0. The van der Waals surface area contributed by atoms with Crippen LogP contribution in [0.25, 0.3) is 0 Å². The third-order valence-electron chi connectivity index (χ3n) is 4.01. The lowest BCUT2D eigenvalue weighted by molar-refractivity contribution is -0.142. The van der Waals surface area contributed by atoms with Crippen molar-refractivity contribution in [1.82, 2.24) is 19.6 Å². The van der Waals surface area contributed by atoms with E-state index in [1.54, 1.807) is 4.90 Å². The van der Waals surface area contributed by atoms with Crippen molar-refractivity contribution >= 4 is 11.7 Å². The molecule has 1 N–H and O–H groups in total. The van der Waals surface area contributed by atoms with Gasteiger partial charge >= 0.3 is 12.2 Å². The van der Waals surface area contributed by atoms with Gasteiger partial charge in [0.15, 0.2) is 0 Å². The highest BCUT2D eigenvalue weighted by Crippen LogP contribution is 2.19. The molecule has 1 aromatic rings. The quantitative estimate of drug-likeness (QED) is 0.900. The van der Waals surface area contributed by atoms with Crippen LogP contribution in [-0.4, -0.2) is 64.0 Å². The zero-order valence-electron chi connectivity index (χ0n) is 13.3. The molecule has 0 unspecified atom stereocenters. The molecule has 0 aliphatic carbocycles. The zero-order valence-corrected chi connectivity index (χ0v) is 13.3. The molecule has 2 heterocycles. The Hall–Kier alpha value is -1.77. The Balaban J connectivity index is 1.88. The average Bonchev–Trinajstić information content (AvgIpc) is 3.08. The highest BCUT2D eigenvalue weighted by molar-refractivity contribution is 5.89. The van der Waals surface area contributed by atoms with Crippen molar-refractivity contribution in [3.8, 4) is 0 Å². The number of nitrogens with one attached hydrogen (secondary N) is 1. The number of likely N-dealkylation sites (tertiary alicyclic amines) is 1. The van der Waals surface area contributed by atoms with Crippen LogP contribution in [-0.2, 0) is 6.54 Å². The number of halogens is 3. The van der Waals surface area contributed by atoms with Gasteiger partial charge in [-0.25, -0.2) is 4.79 Å². The minimum Gasteiger partial charge on any atom is -0.323 e. The number of rotatable bonds is 5. The van der Waals surface area contributed by atoms with Crippen LogP contribution in [0.1, 0.15) is 20.3 Å². The fraction of sp³-hybridized carbons (Fsp3) is 0.714. The molecule has 130 valence electrons. The molecule has 0 spiro atoms. The van der Waals surface area contributed by atoms with Gasteiger partial charge in [-0.2, -0.15) is 18.3 Å². The van der Waals surface area contributed by atoms with E-state index in [4.69, 9.17) is 0 Å². The minimum absolute atomic E-state index is 0.269. The number of alkyl halides is 3. The highest BCUT2D eigenvalue weighted by Gasteiger charge is 2.30. The van der Waals surface area contributed by atoms with Gasteiger partial charge in [0.05, 0.1) is 11.9 Å². The number of carbonyl (C=O) groups is 1. The molecular formula is C14H22F3N5O. The normalized spacial score (nSPS) is 18.7. The molecule has 1 saturated heterocycles. The molecule has 0 aromatic carbocycles. The monoisotopic (exact) mass is 333 g/mol. The molecule has 1 aliphatic heterocycles. The van der Waals surface area contributed by atoms with Crippen molar-refractivity contribution in [3.05, 3.63) is 12.4 Å². The van der Waals surface area contributed by atoms with Gasteiger partial charge < -0.3 is 10.2 Å². The van der Waals surface area contributed by atoms with E-state index >= 15 is 0 Å². The number of carbonyl (C=O) groups excluding carboxylic acids is 1. The SMILES string of the molecule is CCN(CC)[C@H]1CCN(C(=O)Nc2cnn(CC(F)(F)F)c2)C1. The summed E-state index contributed by atoms with van der Waals surface area (Å²) in [6.45, 7) is 6.13. The van der Waals surface area contributed by atoms with Crippen LogP contribution in [0.4, 0.5) is 23.7 Å². The average molecular weight is 333 g/mol. The Labute approximate surface area is 133 Å². The van der Waals surface area contributed by atoms with Crippen LogP contribution in [0.15, 0.2) is 12.4 Å². The molecule has 0 saturated carbocycles. The van der Waals surface area contributed by atoms with Gasteiger partial charge in [-0.3, -0.25) is 9.58 Å². The third kappa shape index (κ3) is 4.85. The van der Waals surface area contributed by atoms with Gasteiger partial charge in [-0.15, -0.1) is 0 Å². The third-order valence-corrected chi connectivity index (χ3v) is 4.01. The number of nitrogens with zero attached hydrogens (tertiary/aromatic N) is 4. The van der Waals surface area contributed by atoms with Crippen LogP contribution in [0.2, 0.25) is 0 Å². The number of likely N-dealkylation sites (N-methyl/N-ethyl adjacent to an activating group) is 1. The van der Waals surface area contributed by atoms with Gasteiger partial charge in [0.1, 0.15) is 6.54 Å². The van der Waals surface area contributed by atoms with E-state index in [2.05, 4.69) is 29.2 Å². The Bertz CT molecular complexity index is 527. The summed E-state index contributed by atoms with van der Waals surface area (Å²) in [7, 11) is 0. The molecule has 1 aromatic heterocycles. The fourth-order valence-corrected chi connectivity index (χ4v) is 2.87. The predicted molar refractivity (Wildman–Crippen MR) is 80.2 cm³/mol. The Morgan fingerprint density at radius 1 is 1.43 bits per heavy atom. The molecule has 2 amide bonds. The minimum atomic E-state index is -4.33. The Kier molecular flexibility index (Phi) is 5.51. The summed E-state index contributed by atoms with van der Waals surface area (Å²) in [5.41, 5.74) is 0.269. The maximum absolute atomic E-state index is 12.3. The van der Waals surface area contributed by atoms with Crippen molar-refractivity contribution < 1.29 is 18.0 Å². The van der Waals surface area contributed by atoms with E-state index in [0.717, 1.165) is 24.2 Å². The highest BCUT2D eigenvalue weighted by atomic mass is 19.4. The van der Waals surface area contributed by atoms with Crippen molar-refractivity contribution in [1.29, 1.82) is 0 Å². The predicted octanol–water partition coefficient (Wildman–Crippen LogP) is 2.39. The second kappa shape index (κ2) is 7.20. The van der Waals surface area contributed by atoms with Crippen LogP contribution >= 0.6 is 0 Å². The standard InChI is InChI=1S/C14H22F3N5O/c1-3-20(4-2)12-5-6-21(9-12)13(23)19-11-7-18-22(8-11)10-14(15,16)17/h7-8,12H,3-6,9-10H2,1-2H3,(H,19,23)/t12-/m0/s1. The first-order valence-electron chi connectivity index (χ1n) is 7.71. The van der Waals surface area contributed by atoms with Gasteiger partial charge in [-0.05, 0) is 19.5 Å². The summed E-state index contributed by atoms with van der Waals surface area (Å²) in [4.78, 5) is 16.2. The van der Waals surface area contributed by atoms with Crippen LogP contribution in [0, 0.1) is 0 Å². The molecule has 9 heteroatoms. The van der Waals surface area contributed by atoms with Crippen LogP contribution in [0.5, 0.6) is 0 Å². The number of hydrogen-bond acceptors (Lipinski definition) is 3. The summed E-state index contributed by atoms with van der Waals surface area (Å²) in [6, 6.07) is 0.0370. The van der Waals surface area contributed by atoms with E-state index in [0.29, 0.717) is 19.1 Å². The Morgan fingerprint density at radius 3 is 2.74 bits per heavy atom. The van der Waals surface area contributed by atoms with Crippen LogP contribution < -0.4 is 5.32 Å². The lowest BCUT2D eigenvalue weighted by atomic mass is 10.2. The first-order chi connectivity index (χ1) is 10.8. The molecule has 0 bridgehead atoms. The molecule has 1 atom stereocenters. The second-order valence-corrected chi connectivity index (χ2v) is 5.58. The Morgan fingerprint density at radius 2 is 2.13 bits per heavy atom. The number of urea groups is 1. The topological polar surface area (TPSA) is 53.4 Å². The zero-order chi connectivity index (χ0) is 17.0. The van der Waals surface area contributed by atoms with Gasteiger partial charge in [0.2, 0.25) is 0 Å². The number of amides is 2. The van der Waals surface area contributed by atoms with Crippen LogP contribution in [0.3, 0.4) is 0 Å². The molecular weight excluding hydrogens is 311 g/mol. The lowest BCUT2D eigenvalue weighted by Gasteiger charge is -2.26. The van der Waals surface area contributed by atoms with Gasteiger partial charge in [0.25, 0.3) is 0 Å². The molecule has 23 heavy (non-hydrogen) atoms. The molecule has 1 fully saturated rings. The smallest absolute Gasteiger partial charge is 0.323 e. The number of hydrogen-bond donors (Lipinski definition) is 1. The first kappa shape index (κ1) is 17.6. The maximum atomic E-state index is 12.3. The van der Waals surface area contributed by atoms with Crippen molar-refractivity contribution in [3.63, 3.8) is 0 Å². The largest absolute Gasteiger partial charge is 0.408 e. The van der Waals surface area contributed by atoms with Gasteiger partial charge in [0, 0.05) is 25.3 Å². The number of anilines is 1. The molecule has 2 rings (SSSR count). The van der Waals surface area contributed by atoms with Gasteiger partial charge in [-0.1, -0.05) is 13.8 Å². The van der Waals surface area contributed by atoms with Crippen molar-refractivity contribution in [2.45, 2.75) is 39.0 Å². The first-order valence-corrected chi connectivity index (χ1v) is 7.71. The van der Waals surface area contributed by atoms with E-state index < -0.39 is 12.7 Å². The molecule has 6 nitrogen and oxygen atoms in total. The van der Waals surface area contributed by atoms with E-state index in [9.17, 15) is 18.0 Å². The second-order valence-electron chi connectivity index (χ2n) is 5.58. The van der Waals surface area contributed by atoms with Crippen molar-refractivity contribution in [2.24, 2.45) is 0 Å².